The molecule has 4 rings (SSSR count). The molecule has 2 heterocycles. The molecule has 1 unspecified atom stereocenters. The Bertz CT molecular complexity index is 1840. The van der Waals surface area contributed by atoms with Gasteiger partial charge in [0, 0.05) is 48.2 Å². The fourth-order valence-electron chi connectivity index (χ4n) is 5.79. The van der Waals surface area contributed by atoms with Gasteiger partial charge >= 0.3 is 5.97 Å². The minimum Gasteiger partial charge on any atom is -0.481 e. The number of rotatable bonds is 9. The molecule has 1 fully saturated rings. The molecule has 1 saturated heterocycles. The molecule has 1 aromatic heterocycles. The maximum absolute atomic E-state index is 14.2. The smallest absolute Gasteiger partial charge is 0.305 e. The Hall–Kier alpha value is -6.26. The molecule has 17 nitrogen and oxygen atoms in total. The van der Waals surface area contributed by atoms with Gasteiger partial charge in [-0.25, -0.2) is 0 Å². The number of amidine groups is 1. The minimum absolute atomic E-state index is 0.0544. The monoisotopic (exact) mass is 703 g/mol. The predicted molar refractivity (Wildman–Crippen MR) is 184 cm³/mol. The number of para-hydroxylation sites is 1. The van der Waals surface area contributed by atoms with Crippen LogP contribution < -0.4 is 32.3 Å². The van der Waals surface area contributed by atoms with Gasteiger partial charge in [-0.1, -0.05) is 44.2 Å². The number of carboxylic acid groups (broad SMARTS) is 1. The topological polar surface area (TPSA) is 269 Å². The number of hydrogen-bond acceptors (Lipinski definition) is 8. The van der Waals surface area contributed by atoms with E-state index < -0.39 is 91.0 Å². The number of nitrogens with two attached hydrogens (primary N) is 1. The second-order valence-corrected chi connectivity index (χ2v) is 12.5. The van der Waals surface area contributed by atoms with Crippen LogP contribution in [-0.4, -0.2) is 107 Å². The molecule has 4 atom stereocenters. The zero-order chi connectivity index (χ0) is 37.4. The van der Waals surface area contributed by atoms with E-state index in [1.807, 2.05) is 18.2 Å². The van der Waals surface area contributed by atoms with Gasteiger partial charge in [0.1, 0.15) is 30.0 Å². The number of likely N-dealkylation sites (N-methyl/N-ethyl adjacent to an activating group) is 1. The van der Waals surface area contributed by atoms with Gasteiger partial charge in [-0.15, -0.1) is 0 Å². The van der Waals surface area contributed by atoms with Crippen molar-refractivity contribution in [2.75, 3.05) is 20.1 Å². The summed E-state index contributed by atoms with van der Waals surface area (Å²) in [5.74, 6) is -6.93. The van der Waals surface area contributed by atoms with Crippen LogP contribution in [0.15, 0.2) is 54.7 Å². The van der Waals surface area contributed by atoms with E-state index in [0.717, 1.165) is 15.8 Å². The van der Waals surface area contributed by atoms with E-state index >= 15 is 0 Å². The van der Waals surface area contributed by atoms with Crippen LogP contribution >= 0.6 is 0 Å². The van der Waals surface area contributed by atoms with Crippen LogP contribution in [0.5, 0.6) is 0 Å². The first kappa shape index (κ1) is 37.6. The molecule has 3 aromatic rings. The number of nitrogen functional groups attached to an aromatic ring is 1. The van der Waals surface area contributed by atoms with Crippen molar-refractivity contribution in [2.24, 2.45) is 11.7 Å². The normalized spacial score (nSPS) is 20.8. The molecule has 2 aromatic carbocycles. The lowest BCUT2D eigenvalue weighted by Crippen LogP contribution is -2.60. The number of nitrogens with one attached hydrogen (secondary N) is 7. The Balaban J connectivity index is 1.67. The number of H-pyrrole nitrogens is 1. The highest BCUT2D eigenvalue weighted by Crippen LogP contribution is 2.21. The number of benzene rings is 2. The highest BCUT2D eigenvalue weighted by Gasteiger charge is 2.38. The van der Waals surface area contributed by atoms with Crippen molar-refractivity contribution in [3.63, 3.8) is 0 Å². The second-order valence-electron chi connectivity index (χ2n) is 12.5. The predicted octanol–water partition coefficient (Wildman–Crippen LogP) is -1.03. The molecule has 51 heavy (non-hydrogen) atoms. The number of carbonyl (C=O) groups is 7. The Kier molecular flexibility index (Phi) is 12.1. The van der Waals surface area contributed by atoms with Crippen molar-refractivity contribution in [1.29, 1.82) is 5.41 Å². The molecule has 0 spiro atoms. The van der Waals surface area contributed by atoms with Crippen molar-refractivity contribution in [3.8, 4) is 0 Å². The molecule has 0 bridgehead atoms. The van der Waals surface area contributed by atoms with Crippen LogP contribution in [0.4, 0.5) is 0 Å². The van der Waals surface area contributed by atoms with Gasteiger partial charge in [-0.3, -0.25) is 39.0 Å². The highest BCUT2D eigenvalue weighted by atomic mass is 16.4. The van der Waals surface area contributed by atoms with Gasteiger partial charge in [0.25, 0.3) is 5.91 Å². The number of fused-ring (bicyclic) bond motifs is 1. The van der Waals surface area contributed by atoms with Crippen LogP contribution in [0.3, 0.4) is 0 Å². The largest absolute Gasteiger partial charge is 0.481 e. The standard InChI is InChI=1S/C34H41N9O8/c1-17(2)28-33(50)42-25(15-38-30(47)19-10-8-18(9-11-19)29(35)36)31(48)39-16-26(44)40-23(13-27(45)46)32(49)41-24(34(51)43(28)3)12-20-14-37-22-7-5-4-6-21(20)22/h4-11,14,17,23-25,28,37H,12-13,15-16H2,1-3H3,(H3,35,36)(H,38,47)(H,39,48)(H,40,44)(H,41,49)(H,42,50)(H,45,46)/t23-,24+,25-,28?/m0/s1. The molecule has 17 heteroatoms. The molecule has 1 aliphatic rings. The molecule has 270 valence electrons. The van der Waals surface area contributed by atoms with Crippen LogP contribution in [0.25, 0.3) is 10.9 Å². The summed E-state index contributed by atoms with van der Waals surface area (Å²) in [5.41, 5.74) is 7.47. The number of carboxylic acids is 1. The summed E-state index contributed by atoms with van der Waals surface area (Å²) < 4.78 is 0. The zero-order valence-electron chi connectivity index (χ0n) is 28.2. The first-order chi connectivity index (χ1) is 24.2. The van der Waals surface area contributed by atoms with Gasteiger partial charge in [0.2, 0.25) is 29.5 Å². The summed E-state index contributed by atoms with van der Waals surface area (Å²) in [4.78, 5) is 96.7. The molecule has 0 radical (unpaired) electrons. The summed E-state index contributed by atoms with van der Waals surface area (Å²) >= 11 is 0. The molecule has 0 aliphatic carbocycles. The lowest BCUT2D eigenvalue weighted by Gasteiger charge is -2.34. The zero-order valence-corrected chi connectivity index (χ0v) is 28.2. The molecule has 0 saturated carbocycles. The molecule has 1 aliphatic heterocycles. The third-order valence-electron chi connectivity index (χ3n) is 8.39. The third-order valence-corrected chi connectivity index (χ3v) is 8.39. The van der Waals surface area contributed by atoms with Crippen molar-refractivity contribution >= 4 is 58.2 Å². The quantitative estimate of drug-likeness (QED) is 0.0972. The van der Waals surface area contributed by atoms with E-state index in [2.05, 4.69) is 31.6 Å². The molecular formula is C34H41N9O8. The first-order valence-electron chi connectivity index (χ1n) is 16.1. The number of hydrogen-bond donors (Lipinski definition) is 9. The maximum Gasteiger partial charge on any atom is 0.305 e. The van der Waals surface area contributed by atoms with Gasteiger partial charge in [0.15, 0.2) is 0 Å². The SMILES string of the molecule is CC(C)C1C(=O)N[C@@H](CNC(=O)c2ccc(C(=N)N)cc2)C(=O)NCC(=O)N[C@@H](CC(=O)O)C(=O)N[C@H](Cc2c[nH]c3ccccc23)C(=O)N1C. The molecule has 10 N–H and O–H groups in total. The third kappa shape index (κ3) is 9.46. The number of amides is 6. The van der Waals surface area contributed by atoms with Crippen molar-refractivity contribution in [3.05, 3.63) is 71.4 Å². The number of carbonyl (C=O) groups excluding carboxylic acids is 6. The van der Waals surface area contributed by atoms with E-state index in [1.54, 1.807) is 26.1 Å². The number of aliphatic carboxylic acids is 1. The highest BCUT2D eigenvalue weighted by molar-refractivity contribution is 6.00. The van der Waals surface area contributed by atoms with E-state index in [0.29, 0.717) is 11.1 Å². The summed E-state index contributed by atoms with van der Waals surface area (Å²) in [6, 6.07) is 7.54. The van der Waals surface area contributed by atoms with Gasteiger partial charge in [-0.05, 0) is 29.7 Å². The van der Waals surface area contributed by atoms with E-state index in [1.165, 1.54) is 31.3 Å². The first-order valence-corrected chi connectivity index (χ1v) is 16.1. The Morgan fingerprint density at radius 2 is 1.57 bits per heavy atom. The summed E-state index contributed by atoms with van der Waals surface area (Å²) in [5, 5.41) is 30.2. The van der Waals surface area contributed by atoms with Gasteiger partial charge in [0.05, 0.1) is 13.0 Å². The van der Waals surface area contributed by atoms with Crippen LogP contribution in [0.1, 0.15) is 41.8 Å². The summed E-state index contributed by atoms with van der Waals surface area (Å²) in [7, 11) is 1.37. The lowest BCUT2D eigenvalue weighted by molar-refractivity contribution is -0.144. The lowest BCUT2D eigenvalue weighted by atomic mass is 9.98. The van der Waals surface area contributed by atoms with E-state index in [4.69, 9.17) is 11.1 Å². The van der Waals surface area contributed by atoms with E-state index in [-0.39, 0.29) is 17.8 Å². The van der Waals surface area contributed by atoms with Gasteiger partial charge in [-0.2, -0.15) is 0 Å². The van der Waals surface area contributed by atoms with Crippen LogP contribution in [-0.2, 0) is 35.2 Å². The second kappa shape index (κ2) is 16.4. The van der Waals surface area contributed by atoms with Crippen LogP contribution in [0, 0.1) is 11.3 Å². The number of nitrogens with zero attached hydrogens (tertiary/aromatic N) is 1. The Morgan fingerprint density at radius 3 is 2.22 bits per heavy atom. The van der Waals surface area contributed by atoms with Crippen molar-refractivity contribution < 1.29 is 38.7 Å². The molecular weight excluding hydrogens is 662 g/mol. The van der Waals surface area contributed by atoms with Crippen molar-refractivity contribution in [2.45, 2.75) is 50.9 Å². The number of aromatic nitrogens is 1. The maximum atomic E-state index is 14.2. The fraction of sp³-hybridized carbons (Fsp3) is 0.353. The fourth-order valence-corrected chi connectivity index (χ4v) is 5.79. The Morgan fingerprint density at radius 1 is 0.922 bits per heavy atom. The van der Waals surface area contributed by atoms with Crippen LogP contribution in [0.2, 0.25) is 0 Å². The average molecular weight is 704 g/mol. The summed E-state index contributed by atoms with van der Waals surface area (Å²) in [6.45, 7) is 2.23. The minimum atomic E-state index is -1.62. The van der Waals surface area contributed by atoms with E-state index in [9.17, 15) is 38.7 Å². The number of aromatic amines is 1. The Labute approximate surface area is 292 Å². The van der Waals surface area contributed by atoms with Crippen molar-refractivity contribution in [1.82, 2.24) is 36.5 Å². The summed E-state index contributed by atoms with van der Waals surface area (Å²) in [6.07, 6.45) is 0.795. The van der Waals surface area contributed by atoms with Gasteiger partial charge < -0.3 is 47.3 Å². The molecule has 6 amide bonds. The average Bonchev–Trinajstić information content (AvgIpc) is 3.49.